The quantitative estimate of drug-likeness (QED) is 0.684. The van der Waals surface area contributed by atoms with Crippen molar-refractivity contribution in [2.75, 3.05) is 6.54 Å². The molecular weight excluding hydrogens is 344 g/mol. The number of rotatable bonds is 2. The molecule has 138 valence electrons. The van der Waals surface area contributed by atoms with E-state index >= 15 is 0 Å². The zero-order chi connectivity index (χ0) is 18.4. The summed E-state index contributed by atoms with van der Waals surface area (Å²) in [7, 11) is 0. The Morgan fingerprint density at radius 2 is 2.00 bits per heavy atom. The Balaban J connectivity index is 1.45. The van der Waals surface area contributed by atoms with Crippen molar-refractivity contribution in [1.82, 2.24) is 39.4 Å². The predicted octanol–water partition coefficient (Wildman–Crippen LogP) is 1.48. The summed E-state index contributed by atoms with van der Waals surface area (Å²) in [4.78, 5) is 19.3. The normalized spacial score (nSPS) is 18.9. The second-order valence-electron chi connectivity index (χ2n) is 7.11. The Kier molecular flexibility index (Phi) is 3.73. The molecule has 3 aromatic rings. The molecule has 9 heteroatoms. The minimum atomic E-state index is -0.0869. The molecule has 5 rings (SSSR count). The van der Waals surface area contributed by atoms with Gasteiger partial charge in [-0.3, -0.25) is 9.78 Å². The first-order chi connectivity index (χ1) is 13.2. The molecule has 2 aliphatic heterocycles. The van der Waals surface area contributed by atoms with Gasteiger partial charge in [-0.05, 0) is 31.9 Å². The highest BCUT2D eigenvalue weighted by Crippen LogP contribution is 2.27. The van der Waals surface area contributed by atoms with Gasteiger partial charge in [0.2, 0.25) is 5.82 Å². The van der Waals surface area contributed by atoms with Crippen LogP contribution in [-0.2, 0) is 19.5 Å². The van der Waals surface area contributed by atoms with Gasteiger partial charge in [0.1, 0.15) is 11.5 Å². The van der Waals surface area contributed by atoms with Crippen LogP contribution in [0, 0.1) is 0 Å². The number of aryl methyl sites for hydroxylation is 1. The lowest BCUT2D eigenvalue weighted by molar-refractivity contribution is 0.0663. The van der Waals surface area contributed by atoms with E-state index in [0.29, 0.717) is 18.9 Å². The second-order valence-corrected chi connectivity index (χ2v) is 7.11. The summed E-state index contributed by atoms with van der Waals surface area (Å²) in [5.74, 6) is 2.77. The summed E-state index contributed by atoms with van der Waals surface area (Å²) < 4.78 is 4.04. The van der Waals surface area contributed by atoms with E-state index in [0.717, 1.165) is 49.0 Å². The van der Waals surface area contributed by atoms with E-state index in [1.807, 2.05) is 22.8 Å². The van der Waals surface area contributed by atoms with E-state index < -0.39 is 0 Å². The maximum absolute atomic E-state index is 13.1. The lowest BCUT2D eigenvalue weighted by Crippen LogP contribution is -2.41. The summed E-state index contributed by atoms with van der Waals surface area (Å²) in [5.41, 5.74) is 0.786. The molecular formula is C18H20N8O. The van der Waals surface area contributed by atoms with E-state index in [4.69, 9.17) is 0 Å². The molecule has 0 spiro atoms. The number of aromatic nitrogens is 7. The molecule has 27 heavy (non-hydrogen) atoms. The van der Waals surface area contributed by atoms with Gasteiger partial charge < -0.3 is 14.0 Å². The number of amides is 1. The maximum Gasteiger partial charge on any atom is 0.292 e. The molecule has 0 aromatic carbocycles. The van der Waals surface area contributed by atoms with Crippen molar-refractivity contribution >= 4 is 5.91 Å². The number of carbonyl (C=O) groups excluding carboxylic acids is 1. The van der Waals surface area contributed by atoms with Gasteiger partial charge in [-0.2, -0.15) is 0 Å². The van der Waals surface area contributed by atoms with Crippen LogP contribution in [0.25, 0.3) is 11.5 Å². The molecule has 0 bridgehead atoms. The van der Waals surface area contributed by atoms with Crippen LogP contribution >= 0.6 is 0 Å². The van der Waals surface area contributed by atoms with E-state index in [-0.39, 0.29) is 11.9 Å². The lowest BCUT2D eigenvalue weighted by Gasteiger charge is -2.32. The highest BCUT2D eigenvalue weighted by molar-refractivity contribution is 5.90. The van der Waals surface area contributed by atoms with E-state index in [2.05, 4.69) is 36.9 Å². The first-order valence-electron chi connectivity index (χ1n) is 9.29. The molecule has 1 amide bonds. The first-order valence-corrected chi connectivity index (χ1v) is 9.29. The van der Waals surface area contributed by atoms with Crippen molar-refractivity contribution < 1.29 is 4.79 Å². The third-order valence-corrected chi connectivity index (χ3v) is 5.26. The fourth-order valence-electron chi connectivity index (χ4n) is 3.96. The molecule has 0 aliphatic carbocycles. The molecule has 2 aliphatic rings. The SMILES string of the molecule is C[C@H]1CN(C(=O)c2nnc3n2CCCC3)Cc2nnc(-c3ccccn3)n21. The van der Waals surface area contributed by atoms with Gasteiger partial charge in [-0.15, -0.1) is 20.4 Å². The van der Waals surface area contributed by atoms with Crippen molar-refractivity contribution in [3.8, 4) is 11.5 Å². The average molecular weight is 364 g/mol. The van der Waals surface area contributed by atoms with Gasteiger partial charge in [0, 0.05) is 25.7 Å². The molecule has 1 atom stereocenters. The molecule has 0 unspecified atom stereocenters. The summed E-state index contributed by atoms with van der Waals surface area (Å²) in [6.45, 7) is 3.86. The van der Waals surface area contributed by atoms with Gasteiger partial charge in [-0.1, -0.05) is 6.07 Å². The van der Waals surface area contributed by atoms with Crippen molar-refractivity contribution in [3.05, 3.63) is 41.9 Å². The zero-order valence-corrected chi connectivity index (χ0v) is 15.1. The van der Waals surface area contributed by atoms with Crippen molar-refractivity contribution in [1.29, 1.82) is 0 Å². The molecule has 0 saturated carbocycles. The van der Waals surface area contributed by atoms with Crippen LogP contribution in [0.4, 0.5) is 0 Å². The zero-order valence-electron chi connectivity index (χ0n) is 15.1. The number of hydrogen-bond donors (Lipinski definition) is 0. The topological polar surface area (TPSA) is 94.6 Å². The van der Waals surface area contributed by atoms with E-state index in [1.54, 1.807) is 11.1 Å². The number of pyridine rings is 1. The van der Waals surface area contributed by atoms with Gasteiger partial charge in [0.25, 0.3) is 5.91 Å². The summed E-state index contributed by atoms with van der Waals surface area (Å²) in [5, 5.41) is 17.0. The number of hydrogen-bond acceptors (Lipinski definition) is 6. The minimum absolute atomic E-state index is 0.0495. The van der Waals surface area contributed by atoms with Gasteiger partial charge >= 0.3 is 0 Å². The van der Waals surface area contributed by atoms with Crippen molar-refractivity contribution in [2.24, 2.45) is 0 Å². The summed E-state index contributed by atoms with van der Waals surface area (Å²) in [6.07, 6.45) is 4.79. The first kappa shape index (κ1) is 16.1. The van der Waals surface area contributed by atoms with Crippen LogP contribution in [0.2, 0.25) is 0 Å². The number of fused-ring (bicyclic) bond motifs is 2. The smallest absolute Gasteiger partial charge is 0.292 e. The molecule has 0 fully saturated rings. The maximum atomic E-state index is 13.1. The highest BCUT2D eigenvalue weighted by atomic mass is 16.2. The molecule has 3 aromatic heterocycles. The van der Waals surface area contributed by atoms with Gasteiger partial charge in [0.05, 0.1) is 12.6 Å². The fraction of sp³-hybridized carbons (Fsp3) is 0.444. The van der Waals surface area contributed by atoms with Crippen LogP contribution in [0.1, 0.15) is 48.1 Å². The van der Waals surface area contributed by atoms with Crippen LogP contribution in [0.5, 0.6) is 0 Å². The van der Waals surface area contributed by atoms with Crippen LogP contribution in [-0.4, -0.2) is 51.9 Å². The van der Waals surface area contributed by atoms with Crippen LogP contribution in [0.3, 0.4) is 0 Å². The second kappa shape index (κ2) is 6.26. The Bertz CT molecular complexity index is 992. The van der Waals surface area contributed by atoms with Crippen molar-refractivity contribution in [3.63, 3.8) is 0 Å². The lowest BCUT2D eigenvalue weighted by atomic mass is 10.1. The highest BCUT2D eigenvalue weighted by Gasteiger charge is 2.33. The largest absolute Gasteiger partial charge is 0.326 e. The predicted molar refractivity (Wildman–Crippen MR) is 95.7 cm³/mol. The number of carbonyl (C=O) groups is 1. The summed E-state index contributed by atoms with van der Waals surface area (Å²) >= 11 is 0. The number of nitrogens with zero attached hydrogens (tertiary/aromatic N) is 8. The average Bonchev–Trinajstić information content (AvgIpc) is 3.33. The summed E-state index contributed by atoms with van der Waals surface area (Å²) in [6, 6.07) is 5.78. The standard InChI is InChI=1S/C18H20N8O/c1-12-10-24(18(27)17-23-20-14-7-3-5-9-25(14)17)11-15-21-22-16(26(12)15)13-6-2-4-8-19-13/h2,4,6,8,12H,3,5,7,9-11H2,1H3/t12-/m0/s1. The third-order valence-electron chi connectivity index (χ3n) is 5.26. The molecule has 0 radical (unpaired) electrons. The van der Waals surface area contributed by atoms with E-state index in [1.165, 1.54) is 0 Å². The third kappa shape index (κ3) is 2.61. The van der Waals surface area contributed by atoms with Gasteiger partial charge in [-0.25, -0.2) is 0 Å². The Morgan fingerprint density at radius 3 is 2.85 bits per heavy atom. The monoisotopic (exact) mass is 364 g/mol. The Morgan fingerprint density at radius 1 is 1.11 bits per heavy atom. The Labute approximate surface area is 156 Å². The van der Waals surface area contributed by atoms with Gasteiger partial charge in [0.15, 0.2) is 11.6 Å². The Hall–Kier alpha value is -3.10. The fourth-order valence-corrected chi connectivity index (χ4v) is 3.96. The molecule has 0 N–H and O–H groups in total. The van der Waals surface area contributed by atoms with Crippen LogP contribution in [0.15, 0.2) is 24.4 Å². The minimum Gasteiger partial charge on any atom is -0.326 e. The van der Waals surface area contributed by atoms with E-state index in [9.17, 15) is 4.79 Å². The van der Waals surface area contributed by atoms with Crippen LogP contribution < -0.4 is 0 Å². The molecule has 5 heterocycles. The molecule has 0 saturated heterocycles. The molecule has 9 nitrogen and oxygen atoms in total. The van der Waals surface area contributed by atoms with Crippen molar-refractivity contribution in [2.45, 2.75) is 45.3 Å².